The van der Waals surface area contributed by atoms with Gasteiger partial charge in [-0.25, -0.2) is 0 Å². The van der Waals surface area contributed by atoms with Crippen LogP contribution < -0.4 is 0 Å². The van der Waals surface area contributed by atoms with Crippen LogP contribution in [0.4, 0.5) is 0 Å². The highest BCUT2D eigenvalue weighted by Crippen LogP contribution is 2.51. The van der Waals surface area contributed by atoms with E-state index in [2.05, 4.69) is 521 Å². The molecule has 714 valence electrons. The topological polar surface area (TPSA) is 0 Å². The van der Waals surface area contributed by atoms with E-state index in [1.54, 1.807) is 22.3 Å². The molecule has 28 rings (SSSR count). The summed E-state index contributed by atoms with van der Waals surface area (Å²) >= 11 is 0. The lowest BCUT2D eigenvalue weighted by molar-refractivity contribution is 0.687. The third kappa shape index (κ3) is 19.0. The monoisotopic (exact) mass is 1890 g/mol. The van der Waals surface area contributed by atoms with Crippen LogP contribution in [-0.4, -0.2) is 0 Å². The molecule has 0 nitrogen and oxygen atoms in total. The summed E-state index contributed by atoms with van der Waals surface area (Å²) in [5, 5.41) is 40.3. The molecule has 0 heteroatoms. The van der Waals surface area contributed by atoms with E-state index in [4.69, 9.17) is 0 Å². The lowest BCUT2D eigenvalue weighted by atomic mass is 9.79. The minimum absolute atomic E-state index is 1.20. The molecule has 26 aromatic carbocycles. The van der Waals surface area contributed by atoms with E-state index in [-0.39, 0.29) is 0 Å². The van der Waals surface area contributed by atoms with Crippen molar-refractivity contribution in [1.82, 2.24) is 0 Å². The Hall–Kier alpha value is -16.4. The number of rotatable bonds is 4. The van der Waals surface area contributed by atoms with Crippen molar-refractivity contribution in [1.29, 1.82) is 0 Å². The molecular weight excluding hydrogens is 1770 g/mol. The molecule has 0 unspecified atom stereocenters. The summed E-state index contributed by atoms with van der Waals surface area (Å²) in [5.74, 6) is 0. The van der Waals surface area contributed by atoms with Crippen molar-refractivity contribution in [2.75, 3.05) is 0 Å². The highest BCUT2D eigenvalue weighted by Gasteiger charge is 2.26. The van der Waals surface area contributed by atoms with E-state index in [0.717, 1.165) is 0 Å². The Kier molecular flexibility index (Phi) is 26.9. The van der Waals surface area contributed by atoms with Crippen LogP contribution >= 0.6 is 0 Å². The quantitative estimate of drug-likeness (QED) is 0.122. The Morgan fingerprint density at radius 3 is 0.939 bits per heavy atom. The SMILES string of the molecule is Cc1c2ccccc2cc2c1ccc1ccccc12.Cc1c2ccccc2cc2ccccc12.Cc1cc(C)c(-c2c3ccccc3c(-c3c(C)cc(C)cc3C)c3cc(C)ccc23)c(C)c1.Cc1cc2ccccc2c2ccccc12.Cc1ccc2c(-c3cccc4c3CCCC4)c3ccccc3c(-c3cccc4c3CCCC4)c2c1.Cc1ccc2cc3ccccc3cc2c1.Cc1cccc2cc3ccccc3cc12. The molecule has 0 fully saturated rings. The first-order valence-electron chi connectivity index (χ1n) is 52.9. The average Bonchev–Trinajstić information content (AvgIpc) is 0.722. The molecule has 0 spiro atoms. The Labute approximate surface area is 866 Å². The maximum Gasteiger partial charge on any atom is -0.00209 e. The zero-order valence-corrected chi connectivity index (χ0v) is 87.1. The molecule has 0 aliphatic heterocycles. The predicted octanol–water partition coefficient (Wildman–Crippen LogP) is 41.5. The summed E-state index contributed by atoms with van der Waals surface area (Å²) in [5.41, 5.74) is 34.9. The van der Waals surface area contributed by atoms with Gasteiger partial charge in [0.25, 0.3) is 0 Å². The maximum atomic E-state index is 2.44. The number of aryl methyl sites for hydroxylation is 15. The van der Waals surface area contributed by atoms with Crippen LogP contribution in [0.1, 0.15) is 120 Å². The highest BCUT2D eigenvalue weighted by molar-refractivity contribution is 6.25. The summed E-state index contributed by atoms with van der Waals surface area (Å²) in [6.45, 7) is 28.7. The van der Waals surface area contributed by atoms with Crippen molar-refractivity contribution >= 4 is 162 Å². The fourth-order valence-corrected chi connectivity index (χ4v) is 24.6. The maximum absolute atomic E-state index is 2.44. The molecule has 0 atom stereocenters. The van der Waals surface area contributed by atoms with Crippen LogP contribution in [0.2, 0.25) is 0 Å². The van der Waals surface area contributed by atoms with Gasteiger partial charge in [-0.1, -0.05) is 422 Å². The van der Waals surface area contributed by atoms with Gasteiger partial charge in [-0.2, -0.15) is 0 Å². The molecule has 2 aliphatic rings. The first-order chi connectivity index (χ1) is 71.8. The van der Waals surface area contributed by atoms with Crippen LogP contribution in [0.5, 0.6) is 0 Å². The summed E-state index contributed by atoms with van der Waals surface area (Å²) in [7, 11) is 0. The molecule has 0 N–H and O–H groups in total. The summed E-state index contributed by atoms with van der Waals surface area (Å²) < 4.78 is 0. The summed E-state index contributed by atoms with van der Waals surface area (Å²) in [6.07, 6.45) is 10.0. The van der Waals surface area contributed by atoms with Crippen molar-refractivity contribution < 1.29 is 0 Å². The lowest BCUT2D eigenvalue weighted by Gasteiger charge is -2.25. The summed E-state index contributed by atoms with van der Waals surface area (Å²) in [6, 6.07) is 158. The molecule has 26 aromatic rings. The van der Waals surface area contributed by atoms with Gasteiger partial charge in [0.2, 0.25) is 0 Å². The van der Waals surface area contributed by atoms with Crippen molar-refractivity contribution in [3.63, 3.8) is 0 Å². The molecule has 147 heavy (non-hydrogen) atoms. The van der Waals surface area contributed by atoms with Gasteiger partial charge in [0, 0.05) is 0 Å². The van der Waals surface area contributed by atoms with Crippen LogP contribution in [-0.2, 0) is 25.7 Å². The first-order valence-corrected chi connectivity index (χ1v) is 52.9. The van der Waals surface area contributed by atoms with E-state index < -0.39 is 0 Å². The zero-order chi connectivity index (χ0) is 101. The number of hydrogen-bond donors (Lipinski definition) is 0. The Balaban J connectivity index is 0.000000101. The number of benzene rings is 26. The van der Waals surface area contributed by atoms with E-state index in [1.807, 2.05) is 0 Å². The molecule has 0 saturated heterocycles. The number of fused-ring (bicyclic) bond motifs is 19. The van der Waals surface area contributed by atoms with Crippen LogP contribution in [0.15, 0.2) is 431 Å². The normalized spacial score (nSPS) is 12.2. The molecule has 0 heterocycles. The molecular formula is C147H126. The Morgan fingerprint density at radius 1 is 0.129 bits per heavy atom. The van der Waals surface area contributed by atoms with Crippen LogP contribution in [0, 0.1) is 90.0 Å². The number of hydrogen-bond acceptors (Lipinski definition) is 0. The zero-order valence-electron chi connectivity index (χ0n) is 87.1. The van der Waals surface area contributed by atoms with Gasteiger partial charge < -0.3 is 0 Å². The largest absolute Gasteiger partial charge is 0.0616 e. The molecule has 0 radical (unpaired) electrons. The Bertz CT molecular complexity index is 9490. The van der Waals surface area contributed by atoms with Gasteiger partial charge in [0.1, 0.15) is 0 Å². The van der Waals surface area contributed by atoms with Crippen molar-refractivity contribution in [2.45, 2.75) is 141 Å². The summed E-state index contributed by atoms with van der Waals surface area (Å²) in [4.78, 5) is 0. The highest BCUT2D eigenvalue weighted by atomic mass is 14.3. The minimum atomic E-state index is 1.20. The van der Waals surface area contributed by atoms with Crippen molar-refractivity contribution in [3.8, 4) is 44.5 Å². The molecule has 0 saturated carbocycles. The van der Waals surface area contributed by atoms with Crippen molar-refractivity contribution in [2.24, 2.45) is 0 Å². The van der Waals surface area contributed by atoms with Gasteiger partial charge >= 0.3 is 0 Å². The van der Waals surface area contributed by atoms with E-state index in [9.17, 15) is 0 Å². The van der Waals surface area contributed by atoms with Crippen molar-refractivity contribution in [3.05, 3.63) is 525 Å². The fraction of sp³-hybridized carbons (Fsp3) is 0.143. The molecule has 0 amide bonds. The standard InChI is InChI=1S/C35H32.C33H32.C19H14.4C15H12/c1-23-20-21-32-33(22-23)35(29-19-9-13-25-11-3-5-15-27(25)29)31-17-7-6-16-30(31)34(32)28-18-8-12-24-10-2-4-14-26(24)28;1-19-12-13-28-29(18-19)33(31-24(6)16-21(3)17-25(31)7)27-11-9-8-10-26(27)32(28)30-22(4)14-20(2)15-23(30)5;1-13-16-8-4-3-7-15(16)12-19-17(13)11-10-14-6-2-5-9-18(14)19;1-11-14-8-4-2-6-12(14)10-13-7-3-5-9-15(11)13;1-11-10-12-6-2-3-8-14(12)15-9-5-4-7-13(11)15;1-11-5-4-8-14-9-12-6-2-3-7-13(12)10-15(11)14;1-11-6-7-14-9-12-4-2-3-5-13(12)10-15(14)8-11/h6-9,12-13,16-22H,2-5,10-11,14-15H2,1H3;8-18H,1-7H3;2-12H,1H3;4*2-10H,1H3. The molecule has 2 aliphatic carbocycles. The minimum Gasteiger partial charge on any atom is -0.0616 e. The molecule has 0 bridgehead atoms. The second-order valence-electron chi connectivity index (χ2n) is 41.6. The van der Waals surface area contributed by atoms with Gasteiger partial charge in [0.15, 0.2) is 0 Å². The van der Waals surface area contributed by atoms with E-state index in [0.29, 0.717) is 0 Å². The second kappa shape index (κ2) is 41.4. The predicted molar refractivity (Wildman–Crippen MR) is 644 cm³/mol. The smallest absolute Gasteiger partial charge is 0.00209 e. The van der Waals surface area contributed by atoms with Gasteiger partial charge in [-0.05, 0) is 451 Å². The fourth-order valence-electron chi connectivity index (χ4n) is 24.6. The van der Waals surface area contributed by atoms with Gasteiger partial charge in [-0.15, -0.1) is 0 Å². The lowest BCUT2D eigenvalue weighted by Crippen LogP contribution is -2.06. The third-order valence-corrected chi connectivity index (χ3v) is 31.4. The van der Waals surface area contributed by atoms with Gasteiger partial charge in [-0.3, -0.25) is 0 Å². The average molecular weight is 1890 g/mol. The third-order valence-electron chi connectivity index (χ3n) is 31.4. The van der Waals surface area contributed by atoms with E-state index >= 15 is 0 Å². The van der Waals surface area contributed by atoms with Crippen LogP contribution in [0.3, 0.4) is 0 Å². The first kappa shape index (κ1) is 95.5. The Morgan fingerprint density at radius 2 is 0.429 bits per heavy atom. The second-order valence-corrected chi connectivity index (χ2v) is 41.6. The van der Waals surface area contributed by atoms with Crippen LogP contribution in [0.25, 0.3) is 206 Å². The van der Waals surface area contributed by atoms with Gasteiger partial charge in [0.05, 0.1) is 0 Å². The molecule has 0 aromatic heterocycles. The van der Waals surface area contributed by atoms with E-state index in [1.165, 1.54) is 330 Å².